The van der Waals surface area contributed by atoms with Gasteiger partial charge < -0.3 is 5.73 Å². The van der Waals surface area contributed by atoms with Gasteiger partial charge in [-0.05, 0) is 36.8 Å². The number of nitrogens with two attached hydrogens (primary N) is 1. The minimum atomic E-state index is -1.36. The fourth-order valence-electron chi connectivity index (χ4n) is 1.92. The number of halogens is 4. The molecule has 0 saturated heterocycles. The van der Waals surface area contributed by atoms with Crippen LogP contribution < -0.4 is 5.73 Å². The number of hydrogen-bond acceptors (Lipinski definition) is 1. The Hall–Kier alpha value is -1.52. The van der Waals surface area contributed by atoms with Crippen LogP contribution in [0.3, 0.4) is 0 Å². The molecule has 100 valence electrons. The van der Waals surface area contributed by atoms with Gasteiger partial charge in [-0.3, -0.25) is 0 Å². The van der Waals surface area contributed by atoms with Gasteiger partial charge in [0.1, 0.15) is 17.5 Å². The monoisotopic (exact) mass is 285 g/mol. The second kappa shape index (κ2) is 4.87. The third kappa shape index (κ3) is 2.74. The first-order chi connectivity index (χ1) is 8.80. The van der Waals surface area contributed by atoms with Crippen LogP contribution in [-0.2, 0) is 5.54 Å². The molecule has 1 atom stereocenters. The first-order valence-corrected chi connectivity index (χ1v) is 5.89. The van der Waals surface area contributed by atoms with Crippen LogP contribution in [-0.4, -0.2) is 0 Å². The van der Waals surface area contributed by atoms with Crippen molar-refractivity contribution in [2.75, 3.05) is 0 Å². The molecule has 0 radical (unpaired) electrons. The van der Waals surface area contributed by atoms with Crippen LogP contribution in [0.1, 0.15) is 18.1 Å². The lowest BCUT2D eigenvalue weighted by Gasteiger charge is -2.26. The molecular weight excluding hydrogens is 275 g/mol. The van der Waals surface area contributed by atoms with E-state index in [0.717, 1.165) is 24.3 Å². The lowest BCUT2D eigenvalue weighted by Crippen LogP contribution is -2.35. The van der Waals surface area contributed by atoms with Crippen LogP contribution in [0.2, 0.25) is 5.02 Å². The molecule has 0 amide bonds. The summed E-state index contributed by atoms with van der Waals surface area (Å²) in [5.41, 5.74) is 4.93. The van der Waals surface area contributed by atoms with E-state index in [1.54, 1.807) is 0 Å². The Bertz CT molecular complexity index is 606. The van der Waals surface area contributed by atoms with Crippen molar-refractivity contribution < 1.29 is 13.2 Å². The van der Waals surface area contributed by atoms with Gasteiger partial charge in [-0.15, -0.1) is 0 Å². The van der Waals surface area contributed by atoms with E-state index in [1.165, 1.54) is 19.1 Å². The molecule has 0 aliphatic carbocycles. The second-order valence-electron chi connectivity index (χ2n) is 4.48. The van der Waals surface area contributed by atoms with Gasteiger partial charge in [-0.2, -0.15) is 0 Å². The van der Waals surface area contributed by atoms with E-state index in [1.807, 2.05) is 0 Å². The first-order valence-electron chi connectivity index (χ1n) is 5.51. The molecule has 0 aromatic heterocycles. The molecule has 1 unspecified atom stereocenters. The van der Waals surface area contributed by atoms with Crippen molar-refractivity contribution in [1.29, 1.82) is 0 Å². The summed E-state index contributed by atoms with van der Waals surface area (Å²) in [4.78, 5) is 0. The average molecular weight is 286 g/mol. The zero-order valence-electron chi connectivity index (χ0n) is 10.1. The van der Waals surface area contributed by atoms with Crippen LogP contribution in [0.25, 0.3) is 0 Å². The Morgan fingerprint density at radius 3 is 2.11 bits per heavy atom. The average Bonchev–Trinajstić information content (AvgIpc) is 2.26. The summed E-state index contributed by atoms with van der Waals surface area (Å²) < 4.78 is 40.3. The highest BCUT2D eigenvalue weighted by Crippen LogP contribution is 2.30. The minimum Gasteiger partial charge on any atom is -0.318 e. The summed E-state index contributed by atoms with van der Waals surface area (Å²) in [5, 5.41) is 0.225. The van der Waals surface area contributed by atoms with Gasteiger partial charge in [0.05, 0.1) is 5.54 Å². The van der Waals surface area contributed by atoms with Crippen LogP contribution in [0.15, 0.2) is 36.4 Å². The maximum atomic E-state index is 13.9. The number of rotatable bonds is 2. The maximum Gasteiger partial charge on any atom is 0.130 e. The number of hydrogen-bond donors (Lipinski definition) is 1. The summed E-state index contributed by atoms with van der Waals surface area (Å²) in [6.45, 7) is 1.48. The van der Waals surface area contributed by atoms with Gasteiger partial charge in [-0.25, -0.2) is 13.2 Å². The molecule has 19 heavy (non-hydrogen) atoms. The Labute approximate surface area is 113 Å². The highest BCUT2D eigenvalue weighted by Gasteiger charge is 2.28. The van der Waals surface area contributed by atoms with Gasteiger partial charge in [0, 0.05) is 16.7 Å². The molecule has 2 rings (SSSR count). The summed E-state index contributed by atoms with van der Waals surface area (Å²) in [7, 11) is 0. The summed E-state index contributed by atoms with van der Waals surface area (Å²) >= 11 is 5.66. The topological polar surface area (TPSA) is 26.0 Å². The predicted molar refractivity (Wildman–Crippen MR) is 68.4 cm³/mol. The molecule has 2 N–H and O–H groups in total. The lowest BCUT2D eigenvalue weighted by molar-refractivity contribution is 0.516. The van der Waals surface area contributed by atoms with E-state index in [0.29, 0.717) is 0 Å². The highest BCUT2D eigenvalue weighted by atomic mass is 35.5. The van der Waals surface area contributed by atoms with Gasteiger partial charge in [0.2, 0.25) is 0 Å². The maximum absolute atomic E-state index is 13.9. The van der Waals surface area contributed by atoms with Gasteiger partial charge >= 0.3 is 0 Å². The normalized spacial score (nSPS) is 14.2. The van der Waals surface area contributed by atoms with E-state index >= 15 is 0 Å². The molecule has 0 saturated carbocycles. The Kier molecular flexibility index (Phi) is 3.56. The van der Waals surface area contributed by atoms with E-state index in [9.17, 15) is 13.2 Å². The largest absolute Gasteiger partial charge is 0.318 e. The molecule has 1 nitrogen and oxygen atoms in total. The SMILES string of the molecule is CC(N)(c1cc(F)cc(F)c1)c1ccc(Cl)cc1F. The molecular formula is C14H11ClF3N. The molecule has 2 aromatic rings. The standard InChI is InChI=1S/C14H11ClF3N/c1-14(19,8-4-10(16)7-11(17)5-8)12-3-2-9(15)6-13(12)18/h2-7H,19H2,1H3. The van der Waals surface area contributed by atoms with E-state index in [4.69, 9.17) is 17.3 Å². The Balaban J connectivity index is 2.57. The Morgan fingerprint density at radius 2 is 1.58 bits per heavy atom. The van der Waals surface area contributed by atoms with Crippen LogP contribution in [0.4, 0.5) is 13.2 Å². The minimum absolute atomic E-state index is 0.113. The quantitative estimate of drug-likeness (QED) is 0.887. The number of benzene rings is 2. The third-order valence-corrected chi connectivity index (χ3v) is 3.19. The first kappa shape index (κ1) is 13.9. The molecule has 0 heterocycles. The Morgan fingerprint density at radius 1 is 1.00 bits per heavy atom. The zero-order chi connectivity index (χ0) is 14.2. The van der Waals surface area contributed by atoms with E-state index in [2.05, 4.69) is 0 Å². The summed E-state index contributed by atoms with van der Waals surface area (Å²) in [6.07, 6.45) is 0. The van der Waals surface area contributed by atoms with E-state index < -0.39 is 23.0 Å². The second-order valence-corrected chi connectivity index (χ2v) is 4.92. The lowest BCUT2D eigenvalue weighted by atomic mass is 9.85. The molecule has 0 aliphatic heterocycles. The zero-order valence-corrected chi connectivity index (χ0v) is 10.8. The molecule has 5 heteroatoms. The van der Waals surface area contributed by atoms with Crippen molar-refractivity contribution in [3.63, 3.8) is 0 Å². The molecule has 0 aliphatic rings. The van der Waals surface area contributed by atoms with Gasteiger partial charge in [0.25, 0.3) is 0 Å². The van der Waals surface area contributed by atoms with Crippen molar-refractivity contribution in [3.05, 3.63) is 70.0 Å². The van der Waals surface area contributed by atoms with Crippen LogP contribution in [0, 0.1) is 17.5 Å². The van der Waals surface area contributed by atoms with Crippen molar-refractivity contribution in [2.45, 2.75) is 12.5 Å². The van der Waals surface area contributed by atoms with Crippen molar-refractivity contribution in [2.24, 2.45) is 5.73 Å². The van der Waals surface area contributed by atoms with Crippen molar-refractivity contribution >= 4 is 11.6 Å². The molecule has 0 spiro atoms. The highest BCUT2D eigenvalue weighted by molar-refractivity contribution is 6.30. The molecule has 0 fully saturated rings. The summed E-state index contributed by atoms with van der Waals surface area (Å²) in [6, 6.07) is 6.88. The third-order valence-electron chi connectivity index (χ3n) is 2.95. The van der Waals surface area contributed by atoms with Crippen LogP contribution >= 0.6 is 11.6 Å². The van der Waals surface area contributed by atoms with Gasteiger partial charge in [0.15, 0.2) is 0 Å². The predicted octanol–water partition coefficient (Wildman–Crippen LogP) is 3.98. The molecule has 0 bridgehead atoms. The smallest absolute Gasteiger partial charge is 0.130 e. The van der Waals surface area contributed by atoms with Crippen LogP contribution in [0.5, 0.6) is 0 Å². The fourth-order valence-corrected chi connectivity index (χ4v) is 2.08. The van der Waals surface area contributed by atoms with Crippen molar-refractivity contribution in [1.82, 2.24) is 0 Å². The van der Waals surface area contributed by atoms with E-state index in [-0.39, 0.29) is 16.1 Å². The summed E-state index contributed by atoms with van der Waals surface area (Å²) in [5.74, 6) is -2.15. The fraction of sp³-hybridized carbons (Fsp3) is 0.143. The van der Waals surface area contributed by atoms with Crippen molar-refractivity contribution in [3.8, 4) is 0 Å². The van der Waals surface area contributed by atoms with Gasteiger partial charge in [-0.1, -0.05) is 17.7 Å². The molecule has 2 aromatic carbocycles.